The number of alkyl halides is 3. The van der Waals surface area contributed by atoms with Gasteiger partial charge in [0.05, 0.1) is 6.54 Å². The number of nitrogens with one attached hydrogen (secondary N) is 1. The molecule has 2 atom stereocenters. The fourth-order valence-corrected chi connectivity index (χ4v) is 5.26. The number of benzene rings is 1. The number of carbonyl (C=O) groups is 2. The topological polar surface area (TPSA) is 80.8 Å². The van der Waals surface area contributed by atoms with Gasteiger partial charge in [-0.3, -0.25) is 9.59 Å². The molecule has 0 radical (unpaired) electrons. The number of amides is 2. The number of halogens is 3. The molecule has 2 amide bonds. The number of carbonyl (C=O) groups excluding carboxylic acids is 2. The van der Waals surface area contributed by atoms with Crippen LogP contribution in [0, 0.1) is 11.8 Å². The number of nitrogens with zero attached hydrogens (tertiary/aromatic N) is 2. The van der Waals surface area contributed by atoms with Crippen molar-refractivity contribution in [2.24, 2.45) is 11.8 Å². The van der Waals surface area contributed by atoms with Crippen molar-refractivity contribution in [3.63, 3.8) is 0 Å². The molecular weight excluding hydrogens is 471 g/mol. The third kappa shape index (κ3) is 6.62. The Labute approximate surface area is 199 Å². The number of likely N-dealkylation sites (tertiary alicyclic amines) is 1. The monoisotopic (exact) mass is 497 g/mol. The van der Waals surface area contributed by atoms with Gasteiger partial charge in [-0.1, -0.05) is 19.3 Å². The third-order valence-electron chi connectivity index (χ3n) is 6.21. The molecule has 1 aromatic carbocycles. The van der Waals surface area contributed by atoms with Gasteiger partial charge in [-0.05, 0) is 48.9 Å². The van der Waals surface area contributed by atoms with E-state index in [1.54, 1.807) is 5.38 Å². The highest BCUT2D eigenvalue weighted by atomic mass is 32.1. The molecule has 11 heteroatoms. The summed E-state index contributed by atoms with van der Waals surface area (Å²) in [5.74, 6) is 0.719. The van der Waals surface area contributed by atoms with Gasteiger partial charge in [0.15, 0.2) is 6.61 Å². The summed E-state index contributed by atoms with van der Waals surface area (Å²) in [7, 11) is 0. The number of fused-ring (bicyclic) bond motifs is 1. The van der Waals surface area contributed by atoms with E-state index in [1.165, 1.54) is 49.2 Å². The number of rotatable bonds is 7. The highest BCUT2D eigenvalue weighted by molar-refractivity contribution is 7.09. The van der Waals surface area contributed by atoms with Crippen molar-refractivity contribution in [3.8, 4) is 11.5 Å². The van der Waals surface area contributed by atoms with E-state index in [0.29, 0.717) is 16.6 Å². The van der Waals surface area contributed by atoms with Crippen LogP contribution in [0.2, 0.25) is 0 Å². The molecule has 1 aliphatic carbocycles. The lowest BCUT2D eigenvalue weighted by Gasteiger charge is -2.41. The van der Waals surface area contributed by atoms with E-state index in [1.807, 2.05) is 4.90 Å². The van der Waals surface area contributed by atoms with Gasteiger partial charge < -0.3 is 19.7 Å². The molecule has 7 nitrogen and oxygen atoms in total. The quantitative estimate of drug-likeness (QED) is 0.614. The number of hydrogen-bond donors (Lipinski definition) is 1. The Morgan fingerprint density at radius 3 is 2.53 bits per heavy atom. The third-order valence-corrected chi connectivity index (χ3v) is 7.06. The minimum Gasteiger partial charge on any atom is -0.484 e. The second-order valence-corrected chi connectivity index (χ2v) is 9.50. The molecule has 2 unspecified atom stereocenters. The fourth-order valence-electron chi connectivity index (χ4n) is 4.55. The summed E-state index contributed by atoms with van der Waals surface area (Å²) in [4.78, 5) is 31.2. The standard InChI is InChI=1S/C23H26F3N3O4S/c24-23(25,26)33-18-7-5-17(6-8-18)32-13-20(30)27-11-21-28-19(14-34-21)22(31)29-10-9-15-3-1-2-4-16(15)12-29/h5-8,14-16H,1-4,9-13H2,(H,27,30). The Kier molecular flexibility index (Phi) is 7.60. The van der Waals surface area contributed by atoms with Crippen LogP contribution in [-0.4, -0.2) is 47.8 Å². The Bertz CT molecular complexity index is 996. The van der Waals surface area contributed by atoms with Crippen LogP contribution in [-0.2, 0) is 11.3 Å². The molecule has 0 bridgehead atoms. The van der Waals surface area contributed by atoms with Gasteiger partial charge in [0.1, 0.15) is 22.2 Å². The normalized spacial score (nSPS) is 20.4. The molecule has 4 rings (SSSR count). The number of aromatic nitrogens is 1. The summed E-state index contributed by atoms with van der Waals surface area (Å²) in [6.07, 6.45) is 1.29. The summed E-state index contributed by atoms with van der Waals surface area (Å²) < 4.78 is 45.6. The molecule has 2 aromatic rings. The maximum Gasteiger partial charge on any atom is 0.573 e. The van der Waals surface area contributed by atoms with E-state index in [0.717, 1.165) is 37.6 Å². The first-order valence-electron chi connectivity index (χ1n) is 11.3. The van der Waals surface area contributed by atoms with Gasteiger partial charge in [-0.25, -0.2) is 4.98 Å². The van der Waals surface area contributed by atoms with E-state index >= 15 is 0 Å². The first kappa shape index (κ1) is 24.3. The predicted molar refractivity (Wildman–Crippen MR) is 119 cm³/mol. The van der Waals surface area contributed by atoms with Gasteiger partial charge in [0.2, 0.25) is 0 Å². The number of piperidine rings is 1. The lowest BCUT2D eigenvalue weighted by molar-refractivity contribution is -0.274. The summed E-state index contributed by atoms with van der Waals surface area (Å²) in [5.41, 5.74) is 0.404. The maximum absolute atomic E-state index is 12.9. The van der Waals surface area contributed by atoms with Crippen molar-refractivity contribution in [2.75, 3.05) is 19.7 Å². The molecular formula is C23H26F3N3O4S. The van der Waals surface area contributed by atoms with Gasteiger partial charge >= 0.3 is 6.36 Å². The zero-order chi connectivity index (χ0) is 24.1. The van der Waals surface area contributed by atoms with Crippen LogP contribution in [0.4, 0.5) is 13.2 Å². The van der Waals surface area contributed by atoms with E-state index < -0.39 is 12.3 Å². The Morgan fingerprint density at radius 1 is 1.09 bits per heavy atom. The van der Waals surface area contributed by atoms with Crippen molar-refractivity contribution < 1.29 is 32.2 Å². The number of thiazole rings is 1. The molecule has 1 saturated heterocycles. The van der Waals surface area contributed by atoms with Gasteiger partial charge in [0, 0.05) is 18.5 Å². The highest BCUT2D eigenvalue weighted by Gasteiger charge is 2.34. The van der Waals surface area contributed by atoms with E-state index in [-0.39, 0.29) is 30.6 Å². The van der Waals surface area contributed by atoms with Crippen LogP contribution in [0.3, 0.4) is 0 Å². The zero-order valence-corrected chi connectivity index (χ0v) is 19.3. The van der Waals surface area contributed by atoms with Crippen molar-refractivity contribution >= 4 is 23.2 Å². The van der Waals surface area contributed by atoms with Crippen LogP contribution in [0.15, 0.2) is 29.6 Å². The lowest BCUT2D eigenvalue weighted by atomic mass is 9.75. The molecule has 2 heterocycles. The van der Waals surface area contributed by atoms with Crippen LogP contribution in [0.25, 0.3) is 0 Å². The van der Waals surface area contributed by atoms with Crippen LogP contribution < -0.4 is 14.8 Å². The highest BCUT2D eigenvalue weighted by Crippen LogP contribution is 2.36. The largest absolute Gasteiger partial charge is 0.573 e. The molecule has 1 aliphatic heterocycles. The molecule has 34 heavy (non-hydrogen) atoms. The number of hydrogen-bond acceptors (Lipinski definition) is 6. The molecule has 184 valence electrons. The fraction of sp³-hybridized carbons (Fsp3) is 0.522. The summed E-state index contributed by atoms with van der Waals surface area (Å²) in [6, 6.07) is 4.77. The van der Waals surface area contributed by atoms with Crippen molar-refractivity contribution in [1.29, 1.82) is 0 Å². The molecule has 2 aliphatic rings. The zero-order valence-electron chi connectivity index (χ0n) is 18.5. The summed E-state index contributed by atoms with van der Waals surface area (Å²) >= 11 is 1.31. The molecule has 0 spiro atoms. The first-order chi connectivity index (χ1) is 16.3. The predicted octanol–water partition coefficient (Wildman–Crippen LogP) is 4.39. The van der Waals surface area contributed by atoms with Gasteiger partial charge in [0.25, 0.3) is 11.8 Å². The SMILES string of the molecule is O=C(COc1ccc(OC(F)(F)F)cc1)NCc1nc(C(=O)N2CCC3CCCCC3C2)cs1. The Morgan fingerprint density at radius 2 is 1.79 bits per heavy atom. The summed E-state index contributed by atoms with van der Waals surface area (Å²) in [5, 5.41) is 5.00. The minimum absolute atomic E-state index is 0.0564. The lowest BCUT2D eigenvalue weighted by Crippen LogP contribution is -2.44. The molecule has 2 fully saturated rings. The van der Waals surface area contributed by atoms with E-state index in [4.69, 9.17) is 4.74 Å². The molecule has 1 aromatic heterocycles. The average Bonchev–Trinajstić information content (AvgIpc) is 3.29. The smallest absolute Gasteiger partial charge is 0.484 e. The molecule has 1 saturated carbocycles. The van der Waals surface area contributed by atoms with Crippen molar-refractivity contribution in [3.05, 3.63) is 40.3 Å². The van der Waals surface area contributed by atoms with Gasteiger partial charge in [-0.15, -0.1) is 24.5 Å². The van der Waals surface area contributed by atoms with Crippen LogP contribution >= 0.6 is 11.3 Å². The first-order valence-corrected chi connectivity index (χ1v) is 12.1. The van der Waals surface area contributed by atoms with Crippen molar-refractivity contribution in [1.82, 2.24) is 15.2 Å². The van der Waals surface area contributed by atoms with E-state index in [2.05, 4.69) is 15.0 Å². The average molecular weight is 498 g/mol. The summed E-state index contributed by atoms with van der Waals surface area (Å²) in [6.45, 7) is 1.41. The van der Waals surface area contributed by atoms with Gasteiger partial charge in [-0.2, -0.15) is 0 Å². The minimum atomic E-state index is -4.77. The second-order valence-electron chi connectivity index (χ2n) is 8.56. The van der Waals surface area contributed by atoms with E-state index in [9.17, 15) is 22.8 Å². The van der Waals surface area contributed by atoms with Crippen molar-refractivity contribution in [2.45, 2.75) is 45.0 Å². The Balaban J connectivity index is 1.20. The molecule has 1 N–H and O–H groups in total. The Hall–Kier alpha value is -2.82. The second kappa shape index (κ2) is 10.6. The number of ether oxygens (including phenoxy) is 2. The van der Waals surface area contributed by atoms with Crippen LogP contribution in [0.1, 0.15) is 47.6 Å². The maximum atomic E-state index is 12.9. The van der Waals surface area contributed by atoms with Crippen LogP contribution in [0.5, 0.6) is 11.5 Å².